The number of para-hydroxylation sites is 1. The molecule has 2 aromatic heterocycles. The second kappa shape index (κ2) is 9.88. The number of hydrogen-bond acceptors (Lipinski definition) is 2. The Kier molecular flexibility index (Phi) is 6.26. The van der Waals surface area contributed by atoms with Crippen LogP contribution in [0.1, 0.15) is 41.0 Å². The molecule has 0 saturated heterocycles. The maximum absolute atomic E-state index is 14.0. The SMILES string of the molecule is CCc1nn(-c2ccccc2)c2c1CN(C(=O)Nc1ccc(Cl)cc1)C(c1ccc(C)cc1)c1cccn1-2. The monoisotopic (exact) mass is 521 g/mol. The number of carbonyl (C=O) groups is 1. The number of carbonyl (C=O) groups excluding carboxylic acids is 1. The Morgan fingerprint density at radius 2 is 1.71 bits per heavy atom. The number of amides is 2. The van der Waals surface area contributed by atoms with Crippen LogP contribution in [0.4, 0.5) is 10.5 Å². The van der Waals surface area contributed by atoms with Gasteiger partial charge in [0, 0.05) is 22.5 Å². The van der Waals surface area contributed by atoms with Crippen LogP contribution in [0.2, 0.25) is 5.02 Å². The zero-order valence-electron chi connectivity index (χ0n) is 21.3. The van der Waals surface area contributed by atoms with Crippen LogP contribution >= 0.6 is 11.6 Å². The molecule has 0 fully saturated rings. The van der Waals surface area contributed by atoms with E-state index in [4.69, 9.17) is 16.7 Å². The summed E-state index contributed by atoms with van der Waals surface area (Å²) in [5.74, 6) is 0.965. The number of fused-ring (bicyclic) bond motifs is 3. The Bertz CT molecular complexity index is 1590. The summed E-state index contributed by atoms with van der Waals surface area (Å²) >= 11 is 6.09. The van der Waals surface area contributed by atoms with Gasteiger partial charge in [-0.25, -0.2) is 9.48 Å². The summed E-state index contributed by atoms with van der Waals surface area (Å²) < 4.78 is 4.19. The van der Waals surface area contributed by atoms with E-state index >= 15 is 0 Å². The lowest BCUT2D eigenvalue weighted by Crippen LogP contribution is -2.38. The summed E-state index contributed by atoms with van der Waals surface area (Å²) in [4.78, 5) is 15.9. The average Bonchev–Trinajstić information content (AvgIpc) is 3.52. The third-order valence-corrected chi connectivity index (χ3v) is 7.31. The molecule has 0 bridgehead atoms. The quantitative estimate of drug-likeness (QED) is 0.269. The molecule has 1 unspecified atom stereocenters. The fourth-order valence-corrected chi connectivity index (χ4v) is 5.30. The van der Waals surface area contributed by atoms with Crippen molar-refractivity contribution in [2.75, 3.05) is 5.32 Å². The predicted molar refractivity (Wildman–Crippen MR) is 151 cm³/mol. The number of hydrogen-bond donors (Lipinski definition) is 1. The van der Waals surface area contributed by atoms with E-state index < -0.39 is 0 Å². The fraction of sp³-hybridized carbons (Fsp3) is 0.161. The highest BCUT2D eigenvalue weighted by Gasteiger charge is 2.36. The predicted octanol–water partition coefficient (Wildman–Crippen LogP) is 7.32. The molecular formula is C31H28ClN5O. The van der Waals surface area contributed by atoms with Gasteiger partial charge >= 0.3 is 6.03 Å². The van der Waals surface area contributed by atoms with Gasteiger partial charge in [0.15, 0.2) is 0 Å². The molecule has 0 spiro atoms. The molecule has 6 nitrogen and oxygen atoms in total. The van der Waals surface area contributed by atoms with Gasteiger partial charge in [0.1, 0.15) is 5.82 Å². The van der Waals surface area contributed by atoms with Crippen LogP contribution in [-0.4, -0.2) is 25.3 Å². The number of urea groups is 1. The van der Waals surface area contributed by atoms with Crippen LogP contribution < -0.4 is 5.32 Å². The van der Waals surface area contributed by atoms with E-state index in [1.54, 1.807) is 12.1 Å². The number of rotatable bonds is 4. The van der Waals surface area contributed by atoms with Crippen molar-refractivity contribution in [1.82, 2.24) is 19.2 Å². The first-order valence-corrected chi connectivity index (χ1v) is 13.1. The van der Waals surface area contributed by atoms with Crippen LogP contribution in [0.25, 0.3) is 11.5 Å². The van der Waals surface area contributed by atoms with Crippen molar-refractivity contribution in [2.24, 2.45) is 0 Å². The van der Waals surface area contributed by atoms with Gasteiger partial charge in [-0.2, -0.15) is 5.10 Å². The highest BCUT2D eigenvalue weighted by Crippen LogP contribution is 2.39. The van der Waals surface area contributed by atoms with Crippen LogP contribution in [0, 0.1) is 6.92 Å². The summed E-state index contributed by atoms with van der Waals surface area (Å²) in [5, 5.41) is 8.74. The van der Waals surface area contributed by atoms with E-state index in [0.717, 1.165) is 40.4 Å². The van der Waals surface area contributed by atoms with Crippen molar-refractivity contribution in [3.63, 3.8) is 0 Å². The molecule has 0 aliphatic carbocycles. The van der Waals surface area contributed by atoms with Crippen molar-refractivity contribution in [3.05, 3.63) is 130 Å². The van der Waals surface area contributed by atoms with Crippen molar-refractivity contribution in [3.8, 4) is 11.5 Å². The highest BCUT2D eigenvalue weighted by molar-refractivity contribution is 6.30. The molecule has 190 valence electrons. The van der Waals surface area contributed by atoms with Gasteiger partial charge < -0.3 is 14.8 Å². The molecule has 0 radical (unpaired) electrons. The van der Waals surface area contributed by atoms with Crippen LogP contribution in [-0.2, 0) is 13.0 Å². The van der Waals surface area contributed by atoms with Crippen molar-refractivity contribution in [1.29, 1.82) is 0 Å². The van der Waals surface area contributed by atoms with Crippen LogP contribution in [0.3, 0.4) is 0 Å². The van der Waals surface area contributed by atoms with Gasteiger partial charge in [0.25, 0.3) is 0 Å². The zero-order chi connectivity index (χ0) is 26.2. The zero-order valence-corrected chi connectivity index (χ0v) is 22.1. The van der Waals surface area contributed by atoms with E-state index in [1.165, 1.54) is 5.56 Å². The van der Waals surface area contributed by atoms with Gasteiger partial charge in [-0.15, -0.1) is 0 Å². The lowest BCUT2D eigenvalue weighted by molar-refractivity contribution is 0.194. The van der Waals surface area contributed by atoms with Gasteiger partial charge in [-0.3, -0.25) is 0 Å². The molecular weight excluding hydrogens is 494 g/mol. The Balaban J connectivity index is 1.54. The average molecular weight is 522 g/mol. The van der Waals surface area contributed by atoms with Gasteiger partial charge in [0.2, 0.25) is 0 Å². The molecule has 1 aliphatic heterocycles. The number of anilines is 1. The topological polar surface area (TPSA) is 55.1 Å². The summed E-state index contributed by atoms with van der Waals surface area (Å²) in [6.45, 7) is 4.59. The largest absolute Gasteiger partial charge is 0.322 e. The lowest BCUT2D eigenvalue weighted by atomic mass is 10.0. The van der Waals surface area contributed by atoms with Crippen LogP contribution in [0.5, 0.6) is 0 Å². The standard InChI is InChI=1S/C31H28ClN5O/c1-3-27-26-20-36(31(38)33-24-17-15-23(32)16-18-24)29(22-13-11-21(2)12-14-22)28-10-7-19-35(28)30(26)37(34-27)25-8-5-4-6-9-25/h4-19,29H,3,20H2,1-2H3,(H,33,38). The van der Waals surface area contributed by atoms with E-state index in [9.17, 15) is 4.79 Å². The molecule has 3 heterocycles. The first kappa shape index (κ1) is 24.1. The maximum Gasteiger partial charge on any atom is 0.322 e. The lowest BCUT2D eigenvalue weighted by Gasteiger charge is -2.31. The van der Waals surface area contributed by atoms with Crippen molar-refractivity contribution >= 4 is 23.3 Å². The molecule has 5 aromatic rings. The smallest absolute Gasteiger partial charge is 0.308 e. The van der Waals surface area contributed by atoms with E-state index in [-0.39, 0.29) is 12.1 Å². The fourth-order valence-electron chi connectivity index (χ4n) is 5.18. The Labute approximate surface area is 227 Å². The summed E-state index contributed by atoms with van der Waals surface area (Å²) in [6.07, 6.45) is 2.82. The number of aromatic nitrogens is 3. The number of aryl methyl sites for hydroxylation is 2. The Morgan fingerprint density at radius 3 is 2.42 bits per heavy atom. The minimum atomic E-state index is -0.306. The first-order chi connectivity index (χ1) is 18.5. The summed E-state index contributed by atoms with van der Waals surface area (Å²) in [7, 11) is 0. The van der Waals surface area contributed by atoms with Crippen molar-refractivity contribution < 1.29 is 4.79 Å². The third kappa shape index (κ3) is 4.27. The minimum Gasteiger partial charge on any atom is -0.308 e. The molecule has 3 aromatic carbocycles. The normalized spacial score (nSPS) is 14.5. The maximum atomic E-state index is 14.0. The summed E-state index contributed by atoms with van der Waals surface area (Å²) in [6, 6.07) is 29.4. The molecule has 1 N–H and O–H groups in total. The van der Waals surface area contributed by atoms with E-state index in [2.05, 4.69) is 72.4 Å². The molecule has 1 aliphatic rings. The van der Waals surface area contributed by atoms with Crippen molar-refractivity contribution in [2.45, 2.75) is 32.9 Å². The molecule has 1 atom stereocenters. The number of halogens is 1. The van der Waals surface area contributed by atoms with Gasteiger partial charge in [-0.05, 0) is 67.4 Å². The third-order valence-electron chi connectivity index (χ3n) is 7.05. The molecule has 7 heteroatoms. The van der Waals surface area contributed by atoms with E-state index in [0.29, 0.717) is 17.3 Å². The highest BCUT2D eigenvalue weighted by atomic mass is 35.5. The molecule has 38 heavy (non-hydrogen) atoms. The second-order valence-electron chi connectivity index (χ2n) is 9.53. The second-order valence-corrected chi connectivity index (χ2v) is 9.97. The minimum absolute atomic E-state index is 0.187. The number of benzene rings is 3. The van der Waals surface area contributed by atoms with E-state index in [1.807, 2.05) is 46.0 Å². The van der Waals surface area contributed by atoms with Gasteiger partial charge in [0.05, 0.1) is 29.7 Å². The van der Waals surface area contributed by atoms with Crippen LogP contribution in [0.15, 0.2) is 97.2 Å². The summed E-state index contributed by atoms with van der Waals surface area (Å²) in [5.41, 5.74) is 6.90. The molecule has 0 saturated carbocycles. The molecule has 2 amide bonds. The Morgan fingerprint density at radius 1 is 0.974 bits per heavy atom. The first-order valence-electron chi connectivity index (χ1n) is 12.8. The number of nitrogens with one attached hydrogen (secondary N) is 1. The molecule has 6 rings (SSSR count). The number of nitrogens with zero attached hydrogens (tertiary/aromatic N) is 4. The van der Waals surface area contributed by atoms with Gasteiger partial charge in [-0.1, -0.05) is 66.6 Å². The Hall–Kier alpha value is -4.29.